The average Bonchev–Trinajstić information content (AvgIpc) is 2.97. The average molecular weight is 513 g/mol. The first-order valence-electron chi connectivity index (χ1n) is 9.07. The van der Waals surface area contributed by atoms with E-state index in [-0.39, 0.29) is 24.3 Å². The number of thioether (sulfide) groups is 1. The Hall–Kier alpha value is -2.16. The van der Waals surface area contributed by atoms with E-state index in [0.717, 1.165) is 11.8 Å². The van der Waals surface area contributed by atoms with Crippen LogP contribution >= 0.6 is 39.3 Å². The summed E-state index contributed by atoms with van der Waals surface area (Å²) in [5.74, 6) is 1.39. The molecule has 0 saturated carbocycles. The van der Waals surface area contributed by atoms with Crippen LogP contribution in [0.1, 0.15) is 12.5 Å². The van der Waals surface area contributed by atoms with Crippen LogP contribution in [0.2, 0.25) is 5.02 Å². The summed E-state index contributed by atoms with van der Waals surface area (Å²) in [4.78, 5) is 26.5. The van der Waals surface area contributed by atoms with E-state index in [1.165, 1.54) is 4.90 Å². The van der Waals surface area contributed by atoms with E-state index < -0.39 is 0 Å². The molecule has 0 aromatic heterocycles. The van der Waals surface area contributed by atoms with Crippen molar-refractivity contribution < 1.29 is 23.8 Å². The lowest BCUT2D eigenvalue weighted by Crippen LogP contribution is -2.32. The molecule has 0 aliphatic carbocycles. The fourth-order valence-corrected chi connectivity index (χ4v) is 4.37. The largest absolute Gasteiger partial charge is 0.492 e. The molecule has 1 heterocycles. The SMILES string of the molecule is CCOc1cc(/C=C2\SC(=O)N(CCOc3ccc(Cl)cc3)C2=O)cc(Br)c1OC. The Morgan fingerprint density at radius 1 is 1.17 bits per heavy atom. The second-order valence-corrected chi connectivity index (χ2v) is 8.39. The Labute approximate surface area is 192 Å². The third kappa shape index (κ3) is 5.30. The fourth-order valence-electron chi connectivity index (χ4n) is 2.76. The summed E-state index contributed by atoms with van der Waals surface area (Å²) in [5, 5.41) is 0.277. The van der Waals surface area contributed by atoms with Crippen LogP contribution in [-0.4, -0.2) is 42.9 Å². The number of carbonyl (C=O) groups excluding carboxylic acids is 2. The van der Waals surface area contributed by atoms with E-state index in [9.17, 15) is 9.59 Å². The van der Waals surface area contributed by atoms with Gasteiger partial charge in [0, 0.05) is 5.02 Å². The monoisotopic (exact) mass is 511 g/mol. The third-order valence-electron chi connectivity index (χ3n) is 4.10. The van der Waals surface area contributed by atoms with Gasteiger partial charge in [-0.2, -0.15) is 0 Å². The molecule has 158 valence electrons. The molecular formula is C21H19BrClNO5S. The van der Waals surface area contributed by atoms with Crippen molar-refractivity contribution in [3.8, 4) is 17.2 Å². The van der Waals surface area contributed by atoms with Gasteiger partial charge in [0.15, 0.2) is 11.5 Å². The zero-order chi connectivity index (χ0) is 21.7. The van der Waals surface area contributed by atoms with Crippen LogP contribution in [0.15, 0.2) is 45.8 Å². The van der Waals surface area contributed by atoms with Gasteiger partial charge in [0.1, 0.15) is 12.4 Å². The van der Waals surface area contributed by atoms with Gasteiger partial charge in [0.05, 0.1) is 29.6 Å². The van der Waals surface area contributed by atoms with Crippen molar-refractivity contribution in [2.45, 2.75) is 6.92 Å². The molecular weight excluding hydrogens is 494 g/mol. The molecule has 1 fully saturated rings. The van der Waals surface area contributed by atoms with E-state index in [2.05, 4.69) is 15.9 Å². The molecule has 1 saturated heterocycles. The van der Waals surface area contributed by atoms with E-state index in [1.807, 2.05) is 6.92 Å². The fraction of sp³-hybridized carbons (Fsp3) is 0.238. The molecule has 9 heteroatoms. The number of nitrogens with zero attached hydrogens (tertiary/aromatic N) is 1. The molecule has 6 nitrogen and oxygen atoms in total. The van der Waals surface area contributed by atoms with Gasteiger partial charge in [0.2, 0.25) is 0 Å². The summed E-state index contributed by atoms with van der Waals surface area (Å²) in [5.41, 5.74) is 0.717. The molecule has 2 aromatic rings. The van der Waals surface area contributed by atoms with Crippen LogP contribution in [-0.2, 0) is 4.79 Å². The van der Waals surface area contributed by atoms with Crippen molar-refractivity contribution in [1.29, 1.82) is 0 Å². The first-order chi connectivity index (χ1) is 14.4. The van der Waals surface area contributed by atoms with Gasteiger partial charge >= 0.3 is 0 Å². The number of carbonyl (C=O) groups is 2. The number of imide groups is 1. The smallest absolute Gasteiger partial charge is 0.293 e. The zero-order valence-electron chi connectivity index (χ0n) is 16.3. The maximum atomic E-state index is 12.7. The van der Waals surface area contributed by atoms with Gasteiger partial charge in [-0.25, -0.2) is 0 Å². The number of halogens is 2. The van der Waals surface area contributed by atoms with Crippen molar-refractivity contribution in [1.82, 2.24) is 4.90 Å². The predicted molar refractivity (Wildman–Crippen MR) is 121 cm³/mol. The number of benzene rings is 2. The highest BCUT2D eigenvalue weighted by Crippen LogP contribution is 2.39. The summed E-state index contributed by atoms with van der Waals surface area (Å²) in [6, 6.07) is 10.5. The molecule has 0 unspecified atom stereocenters. The first-order valence-corrected chi connectivity index (χ1v) is 11.1. The Kier molecular flexibility index (Phi) is 7.69. The van der Waals surface area contributed by atoms with Crippen molar-refractivity contribution in [3.05, 3.63) is 56.4 Å². The maximum absolute atomic E-state index is 12.7. The molecule has 0 bridgehead atoms. The van der Waals surface area contributed by atoms with Crippen molar-refractivity contribution in [3.63, 3.8) is 0 Å². The van der Waals surface area contributed by atoms with E-state index >= 15 is 0 Å². The van der Waals surface area contributed by atoms with Crippen molar-refractivity contribution in [2.75, 3.05) is 26.9 Å². The predicted octanol–water partition coefficient (Wildman–Crippen LogP) is 5.63. The lowest BCUT2D eigenvalue weighted by atomic mass is 10.2. The number of rotatable bonds is 8. The molecule has 1 aliphatic heterocycles. The molecule has 0 radical (unpaired) electrons. The maximum Gasteiger partial charge on any atom is 0.293 e. The molecule has 2 amide bonds. The second kappa shape index (κ2) is 10.2. The summed E-state index contributed by atoms with van der Waals surface area (Å²) < 4.78 is 17.2. The summed E-state index contributed by atoms with van der Waals surface area (Å²) in [6.07, 6.45) is 1.66. The van der Waals surface area contributed by atoms with Gasteiger partial charge < -0.3 is 14.2 Å². The lowest BCUT2D eigenvalue weighted by Gasteiger charge is -2.13. The van der Waals surface area contributed by atoms with E-state index in [1.54, 1.807) is 49.6 Å². The molecule has 30 heavy (non-hydrogen) atoms. The highest BCUT2D eigenvalue weighted by atomic mass is 79.9. The van der Waals surface area contributed by atoms with Crippen LogP contribution in [0, 0.1) is 0 Å². The molecule has 0 atom stereocenters. The first kappa shape index (κ1) is 22.5. The number of methoxy groups -OCH3 is 1. The van der Waals surface area contributed by atoms with Crippen molar-refractivity contribution >= 4 is 56.5 Å². The minimum atomic E-state index is -0.352. The highest BCUT2D eigenvalue weighted by molar-refractivity contribution is 9.10. The molecule has 1 aliphatic rings. The summed E-state index contributed by atoms with van der Waals surface area (Å²) >= 11 is 10.2. The zero-order valence-corrected chi connectivity index (χ0v) is 19.5. The topological polar surface area (TPSA) is 65.1 Å². The molecule has 2 aromatic carbocycles. The number of hydrogen-bond acceptors (Lipinski definition) is 6. The molecule has 0 N–H and O–H groups in total. The summed E-state index contributed by atoms with van der Waals surface area (Å²) in [7, 11) is 1.56. The Morgan fingerprint density at radius 3 is 2.57 bits per heavy atom. The third-order valence-corrected chi connectivity index (χ3v) is 5.85. The van der Waals surface area contributed by atoms with Crippen molar-refractivity contribution in [2.24, 2.45) is 0 Å². The van der Waals surface area contributed by atoms with Gasteiger partial charge in [-0.05, 0) is 82.7 Å². The van der Waals surface area contributed by atoms with Crippen LogP contribution in [0.25, 0.3) is 6.08 Å². The molecule has 0 spiro atoms. The highest BCUT2D eigenvalue weighted by Gasteiger charge is 2.34. The normalized spacial score (nSPS) is 15.1. The van der Waals surface area contributed by atoms with Gasteiger partial charge in [-0.3, -0.25) is 14.5 Å². The number of hydrogen-bond donors (Lipinski definition) is 0. The summed E-state index contributed by atoms with van der Waals surface area (Å²) in [6.45, 7) is 2.69. The lowest BCUT2D eigenvalue weighted by molar-refractivity contribution is -0.123. The van der Waals surface area contributed by atoms with E-state index in [4.69, 9.17) is 25.8 Å². The minimum Gasteiger partial charge on any atom is -0.492 e. The Morgan fingerprint density at radius 2 is 1.90 bits per heavy atom. The van der Waals surface area contributed by atoms with Crippen LogP contribution in [0.4, 0.5) is 4.79 Å². The molecule has 3 rings (SSSR count). The van der Waals surface area contributed by atoms with Gasteiger partial charge in [0.25, 0.3) is 11.1 Å². The van der Waals surface area contributed by atoms with Crippen LogP contribution in [0.3, 0.4) is 0 Å². The second-order valence-electron chi connectivity index (χ2n) is 6.10. The van der Waals surface area contributed by atoms with E-state index in [0.29, 0.717) is 43.8 Å². The van der Waals surface area contributed by atoms with Gasteiger partial charge in [-0.15, -0.1) is 0 Å². The minimum absolute atomic E-state index is 0.154. The number of amides is 2. The number of ether oxygens (including phenoxy) is 3. The Bertz CT molecular complexity index is 980. The van der Waals surface area contributed by atoms with Crippen LogP contribution < -0.4 is 14.2 Å². The van der Waals surface area contributed by atoms with Gasteiger partial charge in [-0.1, -0.05) is 11.6 Å². The van der Waals surface area contributed by atoms with Crippen LogP contribution in [0.5, 0.6) is 17.2 Å². The standard InChI is InChI=1S/C21H19BrClNO5S/c1-3-28-17-11-13(10-16(22)19(17)27-2)12-18-20(25)24(21(26)30-18)8-9-29-15-6-4-14(23)5-7-15/h4-7,10-12H,3,8-9H2,1-2H3/b18-12-. The quantitative estimate of drug-likeness (QED) is 0.428. The Balaban J connectivity index is 1.70.